The van der Waals surface area contributed by atoms with Gasteiger partial charge in [0.05, 0.1) is 11.9 Å². The molecule has 0 amide bonds. The summed E-state index contributed by atoms with van der Waals surface area (Å²) in [6.07, 6.45) is 3.93. The predicted molar refractivity (Wildman–Crippen MR) is 92.6 cm³/mol. The lowest BCUT2D eigenvalue weighted by Crippen LogP contribution is -2.08. The molecule has 8 nitrogen and oxygen atoms in total. The van der Waals surface area contributed by atoms with E-state index in [-0.39, 0.29) is 0 Å². The van der Waals surface area contributed by atoms with Gasteiger partial charge in [0, 0.05) is 29.2 Å². The third-order valence-corrected chi connectivity index (χ3v) is 3.68. The van der Waals surface area contributed by atoms with Crippen molar-refractivity contribution in [1.82, 2.24) is 14.6 Å². The minimum atomic E-state index is 0.481. The van der Waals surface area contributed by atoms with Gasteiger partial charge in [-0.15, -0.1) is 5.10 Å². The molecule has 0 spiro atoms. The molecule has 2 aromatic heterocycles. The first-order chi connectivity index (χ1) is 11.1. The first kappa shape index (κ1) is 13.5. The molecule has 1 aromatic carbocycles. The first-order valence-electron chi connectivity index (χ1n) is 7.42. The van der Waals surface area contributed by atoms with E-state index in [0.717, 1.165) is 11.4 Å². The van der Waals surface area contributed by atoms with Gasteiger partial charge in [-0.25, -0.2) is 4.98 Å². The molecule has 1 fully saturated rings. The molecule has 23 heavy (non-hydrogen) atoms. The lowest BCUT2D eigenvalue weighted by atomic mass is 10.2. The molecule has 4 rings (SSSR count). The topological polar surface area (TPSA) is 132 Å². The van der Waals surface area contributed by atoms with Crippen LogP contribution in [0.3, 0.4) is 0 Å². The van der Waals surface area contributed by atoms with Gasteiger partial charge in [-0.05, 0) is 31.0 Å². The zero-order valence-electron chi connectivity index (χ0n) is 12.5. The molecule has 118 valence electrons. The number of rotatable bonds is 4. The van der Waals surface area contributed by atoms with Crippen LogP contribution in [0.5, 0.6) is 0 Å². The normalized spacial score (nSPS) is 14.1. The fraction of sp³-hybridized carbons (Fsp3) is 0.200. The van der Waals surface area contributed by atoms with Gasteiger partial charge in [-0.2, -0.15) is 4.52 Å². The summed E-state index contributed by atoms with van der Waals surface area (Å²) in [5.41, 5.74) is 21.2. The van der Waals surface area contributed by atoms with Crippen LogP contribution < -0.4 is 27.8 Å². The van der Waals surface area contributed by atoms with Crippen molar-refractivity contribution in [3.05, 3.63) is 30.5 Å². The third kappa shape index (κ3) is 2.66. The molecule has 0 radical (unpaired) electrons. The number of nitrogens with two attached hydrogens (primary N) is 3. The Hall–Kier alpha value is -3.16. The molecule has 0 atom stereocenters. The highest BCUT2D eigenvalue weighted by Crippen LogP contribution is 2.30. The van der Waals surface area contributed by atoms with Gasteiger partial charge in [0.15, 0.2) is 11.5 Å². The van der Waals surface area contributed by atoms with Crippen molar-refractivity contribution in [2.45, 2.75) is 18.9 Å². The van der Waals surface area contributed by atoms with Crippen molar-refractivity contribution < 1.29 is 0 Å². The number of benzene rings is 1. The van der Waals surface area contributed by atoms with Gasteiger partial charge >= 0.3 is 0 Å². The summed E-state index contributed by atoms with van der Waals surface area (Å²) in [6, 6.07) is 7.71. The highest BCUT2D eigenvalue weighted by molar-refractivity contribution is 5.75. The number of fused-ring (bicyclic) bond motifs is 1. The molecule has 0 saturated heterocycles. The molecule has 1 saturated carbocycles. The molecule has 0 unspecified atom stereocenters. The van der Waals surface area contributed by atoms with Gasteiger partial charge in [0.1, 0.15) is 5.82 Å². The summed E-state index contributed by atoms with van der Waals surface area (Å²) in [6.45, 7) is 0. The highest BCUT2D eigenvalue weighted by Gasteiger charge is 2.23. The Labute approximate surface area is 132 Å². The number of nitrogens with one attached hydrogen (secondary N) is 2. The van der Waals surface area contributed by atoms with E-state index in [1.165, 1.54) is 12.8 Å². The Kier molecular flexibility index (Phi) is 2.90. The van der Waals surface area contributed by atoms with Crippen molar-refractivity contribution in [3.8, 4) is 0 Å². The summed E-state index contributed by atoms with van der Waals surface area (Å²) in [7, 11) is 0. The fourth-order valence-electron chi connectivity index (χ4n) is 2.50. The first-order valence-corrected chi connectivity index (χ1v) is 7.42. The Morgan fingerprint density at radius 2 is 1.78 bits per heavy atom. The van der Waals surface area contributed by atoms with Crippen molar-refractivity contribution in [3.63, 3.8) is 0 Å². The SMILES string of the molecule is Nc1cc(N)cc(Nc2cc(NC3CC3)c3ncc(N)n3n2)c1. The molecular weight excluding hydrogens is 292 g/mol. The molecule has 8 heteroatoms. The molecule has 1 aliphatic rings. The lowest BCUT2D eigenvalue weighted by molar-refractivity contribution is 0.949. The fourth-order valence-corrected chi connectivity index (χ4v) is 2.50. The number of hydrogen-bond donors (Lipinski definition) is 5. The number of anilines is 6. The number of nitrogen functional groups attached to an aromatic ring is 3. The average molecular weight is 310 g/mol. The van der Waals surface area contributed by atoms with E-state index in [1.807, 2.05) is 6.07 Å². The van der Waals surface area contributed by atoms with Crippen molar-refractivity contribution in [1.29, 1.82) is 0 Å². The molecule has 0 aliphatic heterocycles. The van der Waals surface area contributed by atoms with E-state index in [4.69, 9.17) is 17.2 Å². The maximum absolute atomic E-state index is 5.94. The summed E-state index contributed by atoms with van der Waals surface area (Å²) in [4.78, 5) is 4.32. The van der Waals surface area contributed by atoms with Gasteiger partial charge < -0.3 is 27.8 Å². The molecule has 0 bridgehead atoms. The summed E-state index contributed by atoms with van der Waals surface area (Å²) in [5, 5.41) is 11.1. The number of nitrogens with zero attached hydrogens (tertiary/aromatic N) is 3. The van der Waals surface area contributed by atoms with Crippen LogP contribution >= 0.6 is 0 Å². The van der Waals surface area contributed by atoms with Crippen LogP contribution in [0.15, 0.2) is 30.5 Å². The Morgan fingerprint density at radius 1 is 1.04 bits per heavy atom. The largest absolute Gasteiger partial charge is 0.399 e. The average Bonchev–Trinajstić information content (AvgIpc) is 3.21. The van der Waals surface area contributed by atoms with Crippen molar-refractivity contribution >= 4 is 40.0 Å². The van der Waals surface area contributed by atoms with Crippen LogP contribution in [0.4, 0.5) is 34.4 Å². The Morgan fingerprint density at radius 3 is 2.48 bits per heavy atom. The zero-order chi connectivity index (χ0) is 16.0. The standard InChI is InChI=1S/C15H18N8/c16-8-3-9(17)5-11(4-8)21-14-6-12(20-10-1-2-10)15-19-7-13(18)23(15)22-14/h3-7,10,20H,1-2,16-18H2,(H,21,22). The molecule has 1 aliphatic carbocycles. The van der Waals surface area contributed by atoms with Crippen LogP contribution in [0.2, 0.25) is 0 Å². The van der Waals surface area contributed by atoms with Gasteiger partial charge in [0.25, 0.3) is 0 Å². The second-order valence-electron chi connectivity index (χ2n) is 5.79. The monoisotopic (exact) mass is 310 g/mol. The maximum Gasteiger partial charge on any atom is 0.179 e. The van der Waals surface area contributed by atoms with Crippen LogP contribution in [-0.4, -0.2) is 20.6 Å². The van der Waals surface area contributed by atoms with Gasteiger partial charge in [-0.3, -0.25) is 0 Å². The Bertz CT molecular complexity index is 860. The van der Waals surface area contributed by atoms with Crippen molar-refractivity contribution in [2.24, 2.45) is 0 Å². The molecular formula is C15H18N8. The van der Waals surface area contributed by atoms with Crippen LogP contribution in [-0.2, 0) is 0 Å². The molecule has 3 aromatic rings. The lowest BCUT2D eigenvalue weighted by Gasteiger charge is -2.12. The second kappa shape index (κ2) is 4.94. The predicted octanol–water partition coefficient (Wildman–Crippen LogP) is 1.79. The summed E-state index contributed by atoms with van der Waals surface area (Å²) >= 11 is 0. The highest BCUT2D eigenvalue weighted by atomic mass is 15.3. The molecule has 2 heterocycles. The van der Waals surface area contributed by atoms with Crippen LogP contribution in [0, 0.1) is 0 Å². The third-order valence-electron chi connectivity index (χ3n) is 3.68. The van der Waals surface area contributed by atoms with Crippen LogP contribution in [0.25, 0.3) is 5.65 Å². The minimum Gasteiger partial charge on any atom is -0.399 e. The molecule has 8 N–H and O–H groups in total. The number of imidazole rings is 1. The van der Waals surface area contributed by atoms with E-state index in [1.54, 1.807) is 28.9 Å². The number of aromatic nitrogens is 3. The smallest absolute Gasteiger partial charge is 0.179 e. The van der Waals surface area contributed by atoms with E-state index in [2.05, 4.69) is 20.7 Å². The van der Waals surface area contributed by atoms with Gasteiger partial charge in [-0.1, -0.05) is 0 Å². The Balaban J connectivity index is 1.74. The van der Waals surface area contributed by atoms with E-state index in [9.17, 15) is 0 Å². The van der Waals surface area contributed by atoms with E-state index < -0.39 is 0 Å². The van der Waals surface area contributed by atoms with E-state index >= 15 is 0 Å². The van der Waals surface area contributed by atoms with Gasteiger partial charge in [0.2, 0.25) is 0 Å². The quantitative estimate of drug-likeness (QED) is 0.464. The minimum absolute atomic E-state index is 0.481. The van der Waals surface area contributed by atoms with Crippen molar-refractivity contribution in [2.75, 3.05) is 27.8 Å². The second-order valence-corrected chi connectivity index (χ2v) is 5.79. The zero-order valence-corrected chi connectivity index (χ0v) is 12.5. The number of hydrogen-bond acceptors (Lipinski definition) is 7. The summed E-state index contributed by atoms with van der Waals surface area (Å²) in [5.74, 6) is 1.12. The van der Waals surface area contributed by atoms with E-state index in [0.29, 0.717) is 34.7 Å². The maximum atomic E-state index is 5.94. The van der Waals surface area contributed by atoms with Crippen LogP contribution in [0.1, 0.15) is 12.8 Å². The summed E-state index contributed by atoms with van der Waals surface area (Å²) < 4.78 is 1.61.